The lowest BCUT2D eigenvalue weighted by Crippen LogP contribution is -2.34. The number of anilines is 1. The third kappa shape index (κ3) is 4.24. The molecule has 2 unspecified atom stereocenters. The van der Waals surface area contributed by atoms with Crippen LogP contribution >= 0.6 is 0 Å². The van der Waals surface area contributed by atoms with E-state index in [1.54, 1.807) is 0 Å². The number of hydrogen-bond acceptors (Lipinski definition) is 2. The molecule has 0 aliphatic rings. The first-order chi connectivity index (χ1) is 8.99. The molecule has 0 saturated carbocycles. The largest absolute Gasteiger partial charge is 0.371 e. The smallest absolute Gasteiger partial charge is 0.0414 e. The van der Waals surface area contributed by atoms with Crippen molar-refractivity contribution >= 4 is 5.69 Å². The minimum Gasteiger partial charge on any atom is -0.371 e. The Labute approximate surface area is 119 Å². The van der Waals surface area contributed by atoms with Crippen molar-refractivity contribution in [1.82, 2.24) is 5.32 Å². The van der Waals surface area contributed by atoms with E-state index in [-0.39, 0.29) is 0 Å². The second-order valence-electron chi connectivity index (χ2n) is 5.83. The molecule has 0 aliphatic heterocycles. The highest BCUT2D eigenvalue weighted by atomic mass is 15.1. The summed E-state index contributed by atoms with van der Waals surface area (Å²) in [5.74, 6) is 0.650. The van der Waals surface area contributed by atoms with Crippen LogP contribution in [-0.4, -0.2) is 19.6 Å². The lowest BCUT2D eigenvalue weighted by atomic mass is 10.0. The number of nitrogens with one attached hydrogen (secondary N) is 1. The summed E-state index contributed by atoms with van der Waals surface area (Å²) in [6.07, 6.45) is 1.17. The van der Waals surface area contributed by atoms with E-state index in [0.29, 0.717) is 18.0 Å². The molecular weight excluding hydrogens is 232 g/mol. The van der Waals surface area contributed by atoms with Crippen LogP contribution in [0.15, 0.2) is 24.3 Å². The van der Waals surface area contributed by atoms with Crippen LogP contribution in [-0.2, 0) is 0 Å². The average Bonchev–Trinajstić information content (AvgIpc) is 2.42. The fourth-order valence-corrected chi connectivity index (χ4v) is 2.31. The fraction of sp³-hybridized carbons (Fsp3) is 0.647. The Balaban J connectivity index is 2.94. The normalized spacial score (nSPS) is 14.5. The Kier molecular flexibility index (Phi) is 6.36. The summed E-state index contributed by atoms with van der Waals surface area (Å²) in [6, 6.07) is 9.69. The van der Waals surface area contributed by atoms with E-state index in [2.05, 4.69) is 76.1 Å². The third-order valence-electron chi connectivity index (χ3n) is 4.06. The Morgan fingerprint density at radius 3 is 2.32 bits per heavy atom. The van der Waals surface area contributed by atoms with E-state index in [4.69, 9.17) is 0 Å². The molecule has 0 bridgehead atoms. The zero-order valence-corrected chi connectivity index (χ0v) is 13.4. The first kappa shape index (κ1) is 16.0. The van der Waals surface area contributed by atoms with Crippen molar-refractivity contribution in [1.29, 1.82) is 0 Å². The van der Waals surface area contributed by atoms with Gasteiger partial charge in [-0.25, -0.2) is 0 Å². The van der Waals surface area contributed by atoms with Gasteiger partial charge in [0.15, 0.2) is 0 Å². The molecule has 108 valence electrons. The fourth-order valence-electron chi connectivity index (χ4n) is 2.31. The van der Waals surface area contributed by atoms with Gasteiger partial charge in [0.2, 0.25) is 0 Å². The zero-order valence-electron chi connectivity index (χ0n) is 13.4. The van der Waals surface area contributed by atoms with Crippen molar-refractivity contribution in [3.05, 3.63) is 29.8 Å². The van der Waals surface area contributed by atoms with Crippen LogP contribution in [0, 0.1) is 5.92 Å². The van der Waals surface area contributed by atoms with Gasteiger partial charge in [-0.1, -0.05) is 39.0 Å². The number of para-hydroxylation sites is 1. The van der Waals surface area contributed by atoms with Crippen LogP contribution in [0.1, 0.15) is 52.6 Å². The maximum Gasteiger partial charge on any atom is 0.0414 e. The summed E-state index contributed by atoms with van der Waals surface area (Å²) in [4.78, 5) is 2.41. The molecule has 0 heterocycles. The molecular formula is C17H30N2. The zero-order chi connectivity index (χ0) is 14.4. The molecule has 19 heavy (non-hydrogen) atoms. The molecule has 1 aromatic rings. The molecule has 2 atom stereocenters. The number of rotatable bonds is 7. The summed E-state index contributed by atoms with van der Waals surface area (Å²) in [7, 11) is 2.20. The second-order valence-corrected chi connectivity index (χ2v) is 5.83. The topological polar surface area (TPSA) is 15.3 Å². The van der Waals surface area contributed by atoms with Crippen LogP contribution < -0.4 is 10.2 Å². The molecule has 0 fully saturated rings. The van der Waals surface area contributed by atoms with E-state index in [1.165, 1.54) is 17.7 Å². The van der Waals surface area contributed by atoms with Crippen molar-refractivity contribution in [2.24, 2.45) is 5.92 Å². The first-order valence-corrected chi connectivity index (χ1v) is 7.54. The van der Waals surface area contributed by atoms with Gasteiger partial charge >= 0.3 is 0 Å². The molecule has 0 spiro atoms. The Morgan fingerprint density at radius 1 is 1.11 bits per heavy atom. The summed E-state index contributed by atoms with van der Waals surface area (Å²) < 4.78 is 0. The molecule has 1 aromatic carbocycles. The van der Waals surface area contributed by atoms with Gasteiger partial charge in [-0.15, -0.1) is 0 Å². The minimum atomic E-state index is 0.401. The lowest BCUT2D eigenvalue weighted by Gasteiger charge is -2.33. The number of benzene rings is 1. The van der Waals surface area contributed by atoms with Crippen LogP contribution in [0.4, 0.5) is 5.69 Å². The number of nitrogens with zero attached hydrogens (tertiary/aromatic N) is 1. The SMILES string of the molecule is CCCNC(C)c1ccccc1N(C)C(C)C(C)C. The summed E-state index contributed by atoms with van der Waals surface area (Å²) in [5.41, 5.74) is 2.74. The van der Waals surface area contributed by atoms with E-state index in [0.717, 1.165) is 6.54 Å². The molecule has 0 aliphatic carbocycles. The van der Waals surface area contributed by atoms with Crippen LogP contribution in [0.25, 0.3) is 0 Å². The van der Waals surface area contributed by atoms with E-state index < -0.39 is 0 Å². The van der Waals surface area contributed by atoms with Crippen LogP contribution in [0.5, 0.6) is 0 Å². The van der Waals surface area contributed by atoms with Crippen LogP contribution in [0.3, 0.4) is 0 Å². The summed E-state index contributed by atoms with van der Waals surface area (Å²) in [5, 5.41) is 3.59. The van der Waals surface area contributed by atoms with Crippen molar-refractivity contribution in [3.8, 4) is 0 Å². The van der Waals surface area contributed by atoms with Gasteiger partial charge in [0.25, 0.3) is 0 Å². The highest BCUT2D eigenvalue weighted by molar-refractivity contribution is 5.55. The second kappa shape index (κ2) is 7.54. The van der Waals surface area contributed by atoms with Gasteiger partial charge < -0.3 is 10.2 Å². The third-order valence-corrected chi connectivity index (χ3v) is 4.06. The predicted octanol–water partition coefficient (Wildman–Crippen LogP) is 4.23. The van der Waals surface area contributed by atoms with Gasteiger partial charge in [0.05, 0.1) is 0 Å². The number of hydrogen-bond donors (Lipinski definition) is 1. The molecule has 0 saturated heterocycles. The Morgan fingerprint density at radius 2 is 1.74 bits per heavy atom. The van der Waals surface area contributed by atoms with Gasteiger partial charge in [0, 0.05) is 24.8 Å². The summed E-state index contributed by atoms with van der Waals surface area (Å²) in [6.45, 7) is 12.4. The molecule has 1 rings (SSSR count). The van der Waals surface area contributed by atoms with Crippen LogP contribution in [0.2, 0.25) is 0 Å². The molecule has 0 aromatic heterocycles. The van der Waals surface area contributed by atoms with Crippen molar-refractivity contribution < 1.29 is 0 Å². The van der Waals surface area contributed by atoms with Gasteiger partial charge in [-0.2, -0.15) is 0 Å². The van der Waals surface area contributed by atoms with E-state index in [9.17, 15) is 0 Å². The molecule has 0 radical (unpaired) electrons. The first-order valence-electron chi connectivity index (χ1n) is 7.54. The standard InChI is InChI=1S/C17H30N2/c1-7-12-18-14(4)16-10-8-9-11-17(16)19(6)15(5)13(2)3/h8-11,13-15,18H,7,12H2,1-6H3. The van der Waals surface area contributed by atoms with Crippen molar-refractivity contribution in [2.45, 2.75) is 53.1 Å². The van der Waals surface area contributed by atoms with E-state index >= 15 is 0 Å². The quantitative estimate of drug-likeness (QED) is 0.791. The van der Waals surface area contributed by atoms with Crippen molar-refractivity contribution in [2.75, 3.05) is 18.5 Å². The molecule has 0 amide bonds. The van der Waals surface area contributed by atoms with Gasteiger partial charge in [-0.05, 0) is 44.4 Å². The summed E-state index contributed by atoms with van der Waals surface area (Å²) >= 11 is 0. The Hall–Kier alpha value is -1.02. The Bertz CT molecular complexity index is 373. The van der Waals surface area contributed by atoms with E-state index in [1.807, 2.05) is 0 Å². The minimum absolute atomic E-state index is 0.401. The molecule has 2 nitrogen and oxygen atoms in total. The lowest BCUT2D eigenvalue weighted by molar-refractivity contribution is 0.501. The molecule has 1 N–H and O–H groups in total. The highest BCUT2D eigenvalue weighted by Crippen LogP contribution is 2.28. The molecule has 2 heteroatoms. The highest BCUT2D eigenvalue weighted by Gasteiger charge is 2.18. The monoisotopic (exact) mass is 262 g/mol. The maximum atomic E-state index is 3.59. The van der Waals surface area contributed by atoms with Gasteiger partial charge in [0.1, 0.15) is 0 Å². The maximum absolute atomic E-state index is 3.59. The predicted molar refractivity (Wildman–Crippen MR) is 85.9 cm³/mol. The van der Waals surface area contributed by atoms with Crippen molar-refractivity contribution in [3.63, 3.8) is 0 Å². The van der Waals surface area contributed by atoms with Gasteiger partial charge in [-0.3, -0.25) is 0 Å². The average molecular weight is 262 g/mol.